The lowest BCUT2D eigenvalue weighted by molar-refractivity contribution is 1.18. The predicted molar refractivity (Wildman–Crippen MR) is 280 cm³/mol. The standard InChI is InChI=1S/C64H44N2/c1-3-20-46(21-4-1)53-27-9-14-33-60(53)65(61-34-15-10-28-54(61)49-40-38-48(39-41-49)52-32-19-25-45-24-7-8-26-51(45)52)50-42-43-55(59(44-50)47-22-5-2-6-23-47)56-29-11-16-35-62(56)66-63-36-17-12-30-57(63)58-31-13-18-37-64(58)66/h1-44H. The van der Waals surface area contributed by atoms with Crippen molar-refractivity contribution >= 4 is 49.6 Å². The molecule has 0 unspecified atom stereocenters. The van der Waals surface area contributed by atoms with Gasteiger partial charge in [0.2, 0.25) is 0 Å². The van der Waals surface area contributed by atoms with Crippen LogP contribution >= 0.6 is 0 Å². The highest BCUT2D eigenvalue weighted by Gasteiger charge is 2.23. The van der Waals surface area contributed by atoms with Crippen LogP contribution in [-0.2, 0) is 0 Å². The molecule has 0 N–H and O–H groups in total. The minimum absolute atomic E-state index is 1.06. The van der Waals surface area contributed by atoms with Gasteiger partial charge in [0.25, 0.3) is 0 Å². The van der Waals surface area contributed by atoms with E-state index in [1.54, 1.807) is 0 Å². The molecule has 0 bridgehead atoms. The Morgan fingerprint density at radius 2 is 0.697 bits per heavy atom. The van der Waals surface area contributed by atoms with Gasteiger partial charge in [-0.1, -0.05) is 224 Å². The Hall–Kier alpha value is -8.72. The van der Waals surface area contributed by atoms with Crippen molar-refractivity contribution in [3.63, 3.8) is 0 Å². The van der Waals surface area contributed by atoms with E-state index in [1.165, 1.54) is 43.7 Å². The van der Waals surface area contributed by atoms with E-state index in [0.29, 0.717) is 0 Å². The van der Waals surface area contributed by atoms with Crippen molar-refractivity contribution in [3.8, 4) is 61.3 Å². The van der Waals surface area contributed by atoms with Gasteiger partial charge >= 0.3 is 0 Å². The number of para-hydroxylation sites is 5. The van der Waals surface area contributed by atoms with Crippen LogP contribution in [0.1, 0.15) is 0 Å². The van der Waals surface area contributed by atoms with Gasteiger partial charge in [-0.05, 0) is 92.2 Å². The van der Waals surface area contributed by atoms with Crippen LogP contribution in [-0.4, -0.2) is 4.57 Å². The molecule has 0 aliphatic carbocycles. The smallest absolute Gasteiger partial charge is 0.0541 e. The molecule has 12 aromatic rings. The number of fused-ring (bicyclic) bond motifs is 4. The predicted octanol–water partition coefficient (Wildman–Crippen LogP) is 17.7. The third-order valence-electron chi connectivity index (χ3n) is 13.0. The number of aromatic nitrogens is 1. The molecule has 310 valence electrons. The molecule has 0 aliphatic heterocycles. The van der Waals surface area contributed by atoms with Crippen molar-refractivity contribution in [3.05, 3.63) is 267 Å². The fourth-order valence-electron chi connectivity index (χ4n) is 10.00. The molecular formula is C64H44N2. The number of hydrogen-bond donors (Lipinski definition) is 0. The van der Waals surface area contributed by atoms with E-state index in [0.717, 1.165) is 67.3 Å². The van der Waals surface area contributed by atoms with Crippen LogP contribution in [0.5, 0.6) is 0 Å². The first kappa shape index (κ1) is 38.9. The van der Waals surface area contributed by atoms with Crippen LogP contribution in [0.3, 0.4) is 0 Å². The zero-order valence-corrected chi connectivity index (χ0v) is 36.3. The summed E-state index contributed by atoms with van der Waals surface area (Å²) >= 11 is 0. The van der Waals surface area contributed by atoms with Crippen LogP contribution in [0, 0.1) is 0 Å². The van der Waals surface area contributed by atoms with Gasteiger partial charge in [-0.3, -0.25) is 0 Å². The summed E-state index contributed by atoms with van der Waals surface area (Å²) in [6, 6.07) is 97.0. The fraction of sp³-hybridized carbons (Fsp3) is 0. The summed E-state index contributed by atoms with van der Waals surface area (Å²) in [4.78, 5) is 2.46. The molecule has 2 nitrogen and oxygen atoms in total. The molecule has 0 spiro atoms. The molecule has 0 radical (unpaired) electrons. The quantitative estimate of drug-likeness (QED) is 0.141. The summed E-state index contributed by atoms with van der Waals surface area (Å²) in [6.07, 6.45) is 0. The number of hydrogen-bond acceptors (Lipinski definition) is 1. The lowest BCUT2D eigenvalue weighted by Crippen LogP contribution is -2.13. The van der Waals surface area contributed by atoms with E-state index in [1.807, 2.05) is 0 Å². The average Bonchev–Trinajstić information content (AvgIpc) is 3.74. The molecule has 0 atom stereocenters. The van der Waals surface area contributed by atoms with Crippen LogP contribution in [0.4, 0.5) is 17.1 Å². The van der Waals surface area contributed by atoms with Crippen LogP contribution in [0.2, 0.25) is 0 Å². The van der Waals surface area contributed by atoms with Gasteiger partial charge in [-0.2, -0.15) is 0 Å². The Balaban J connectivity index is 1.07. The Morgan fingerprint density at radius 1 is 0.258 bits per heavy atom. The Morgan fingerprint density at radius 3 is 1.33 bits per heavy atom. The molecule has 0 fully saturated rings. The molecule has 2 heteroatoms. The second-order valence-electron chi connectivity index (χ2n) is 16.8. The molecule has 0 saturated heterocycles. The highest BCUT2D eigenvalue weighted by Crippen LogP contribution is 2.48. The monoisotopic (exact) mass is 840 g/mol. The van der Waals surface area contributed by atoms with Crippen molar-refractivity contribution in [2.24, 2.45) is 0 Å². The largest absolute Gasteiger partial charge is 0.309 e. The SMILES string of the molecule is c1ccc(-c2cc(N(c3ccccc3-c3ccccc3)c3ccccc3-c3ccc(-c4cccc5ccccc45)cc3)ccc2-c2ccccc2-n2c3ccccc3c3ccccc32)cc1. The minimum atomic E-state index is 1.06. The maximum Gasteiger partial charge on any atom is 0.0541 e. The molecule has 12 rings (SSSR count). The van der Waals surface area contributed by atoms with Crippen molar-refractivity contribution in [1.82, 2.24) is 4.57 Å². The van der Waals surface area contributed by atoms with Gasteiger partial charge in [0.05, 0.1) is 28.1 Å². The summed E-state index contributed by atoms with van der Waals surface area (Å²) in [5.41, 5.74) is 18.5. The maximum absolute atomic E-state index is 2.46. The van der Waals surface area contributed by atoms with Gasteiger partial charge in [0, 0.05) is 33.2 Å². The average molecular weight is 841 g/mol. The van der Waals surface area contributed by atoms with E-state index in [9.17, 15) is 0 Å². The van der Waals surface area contributed by atoms with Crippen LogP contribution < -0.4 is 4.90 Å². The zero-order valence-electron chi connectivity index (χ0n) is 36.3. The van der Waals surface area contributed by atoms with Crippen molar-refractivity contribution in [1.29, 1.82) is 0 Å². The molecule has 66 heavy (non-hydrogen) atoms. The van der Waals surface area contributed by atoms with Crippen molar-refractivity contribution < 1.29 is 0 Å². The summed E-state index contributed by atoms with van der Waals surface area (Å²) in [5.74, 6) is 0. The van der Waals surface area contributed by atoms with Gasteiger partial charge < -0.3 is 9.47 Å². The first-order valence-corrected chi connectivity index (χ1v) is 22.7. The van der Waals surface area contributed by atoms with Crippen molar-refractivity contribution in [2.45, 2.75) is 0 Å². The van der Waals surface area contributed by atoms with E-state index < -0.39 is 0 Å². The van der Waals surface area contributed by atoms with E-state index in [2.05, 4.69) is 276 Å². The summed E-state index contributed by atoms with van der Waals surface area (Å²) in [6.45, 7) is 0. The molecule has 1 heterocycles. The highest BCUT2D eigenvalue weighted by molar-refractivity contribution is 6.10. The molecule has 11 aromatic carbocycles. The zero-order chi connectivity index (χ0) is 43.8. The molecule has 0 amide bonds. The third-order valence-corrected chi connectivity index (χ3v) is 13.0. The third kappa shape index (κ3) is 6.84. The van der Waals surface area contributed by atoms with Gasteiger partial charge in [0.1, 0.15) is 0 Å². The lowest BCUT2D eigenvalue weighted by atomic mass is 9.91. The number of benzene rings is 11. The fourth-order valence-corrected chi connectivity index (χ4v) is 10.00. The normalized spacial score (nSPS) is 11.3. The van der Waals surface area contributed by atoms with Gasteiger partial charge in [0.15, 0.2) is 0 Å². The van der Waals surface area contributed by atoms with E-state index in [4.69, 9.17) is 0 Å². The van der Waals surface area contributed by atoms with Crippen molar-refractivity contribution in [2.75, 3.05) is 4.90 Å². The van der Waals surface area contributed by atoms with Gasteiger partial charge in [-0.15, -0.1) is 0 Å². The second kappa shape index (κ2) is 16.8. The maximum atomic E-state index is 2.46. The molecular weight excluding hydrogens is 797 g/mol. The Labute approximate surface area is 385 Å². The Kier molecular flexibility index (Phi) is 9.89. The molecule has 0 saturated carbocycles. The van der Waals surface area contributed by atoms with Crippen LogP contribution in [0.15, 0.2) is 267 Å². The van der Waals surface area contributed by atoms with Gasteiger partial charge in [-0.25, -0.2) is 0 Å². The Bertz CT molecular complexity index is 3640. The van der Waals surface area contributed by atoms with Crippen LogP contribution in [0.25, 0.3) is 93.9 Å². The first-order chi connectivity index (χ1) is 32.8. The van der Waals surface area contributed by atoms with E-state index in [-0.39, 0.29) is 0 Å². The minimum Gasteiger partial charge on any atom is -0.309 e. The summed E-state index contributed by atoms with van der Waals surface area (Å²) in [5, 5.41) is 4.99. The number of nitrogens with zero attached hydrogens (tertiary/aromatic N) is 2. The molecule has 1 aromatic heterocycles. The topological polar surface area (TPSA) is 8.17 Å². The number of rotatable bonds is 9. The highest BCUT2D eigenvalue weighted by atomic mass is 15.1. The lowest BCUT2D eigenvalue weighted by Gasteiger charge is -2.31. The second-order valence-corrected chi connectivity index (χ2v) is 16.8. The summed E-state index contributed by atoms with van der Waals surface area (Å²) < 4.78 is 2.44. The first-order valence-electron chi connectivity index (χ1n) is 22.7. The number of anilines is 3. The molecule has 0 aliphatic rings. The van der Waals surface area contributed by atoms with E-state index >= 15 is 0 Å². The summed E-state index contributed by atoms with van der Waals surface area (Å²) in [7, 11) is 0.